The summed E-state index contributed by atoms with van der Waals surface area (Å²) >= 11 is 3.55. The number of ether oxygens (including phenoxy) is 1. The van der Waals surface area contributed by atoms with Gasteiger partial charge in [0.05, 0.1) is 16.8 Å². The average Bonchev–Trinajstić information content (AvgIpc) is 2.39. The molecule has 0 radical (unpaired) electrons. The lowest BCUT2D eigenvalue weighted by molar-refractivity contribution is 0.180. The van der Waals surface area contributed by atoms with Crippen molar-refractivity contribution in [2.24, 2.45) is 0 Å². The molecule has 0 bridgehead atoms. The maximum atomic E-state index is 5.19. The second-order valence-electron chi connectivity index (χ2n) is 4.36. The predicted octanol–water partition coefficient (Wildman–Crippen LogP) is 3.72. The molecule has 1 heterocycles. The summed E-state index contributed by atoms with van der Waals surface area (Å²) in [7, 11) is 1.68. The van der Waals surface area contributed by atoms with Crippen LogP contribution >= 0.6 is 15.9 Å². The summed E-state index contributed by atoms with van der Waals surface area (Å²) in [5.41, 5.74) is 0.904. The van der Waals surface area contributed by atoms with Gasteiger partial charge >= 0.3 is 0 Å². The summed E-state index contributed by atoms with van der Waals surface area (Å²) in [6.45, 7) is 7.82. The van der Waals surface area contributed by atoms with Gasteiger partial charge in [-0.15, -0.1) is 0 Å². The minimum atomic E-state index is 0.357. The fourth-order valence-corrected chi connectivity index (χ4v) is 1.94. The minimum absolute atomic E-state index is 0.357. The van der Waals surface area contributed by atoms with Crippen molar-refractivity contribution in [3.8, 4) is 0 Å². The van der Waals surface area contributed by atoms with E-state index < -0.39 is 0 Å². The number of hydrogen-bond acceptors (Lipinski definition) is 4. The van der Waals surface area contributed by atoms with Crippen molar-refractivity contribution in [2.45, 2.75) is 46.1 Å². The summed E-state index contributed by atoms with van der Waals surface area (Å²) in [4.78, 5) is 9.18. The molecular weight excluding hydrogens is 294 g/mol. The standard InChI is InChI=1S/C13H22BrN3O/c1-5-7-15-13-11(14)10(8-18-4)16-12(17-13)9(3)6-2/h9H,5-8H2,1-4H3,(H,15,16,17). The van der Waals surface area contributed by atoms with Crippen molar-refractivity contribution in [3.05, 3.63) is 16.0 Å². The molecule has 1 unspecified atom stereocenters. The van der Waals surface area contributed by atoms with Gasteiger partial charge in [-0.3, -0.25) is 0 Å². The Morgan fingerprint density at radius 1 is 1.33 bits per heavy atom. The molecule has 0 aromatic carbocycles. The highest BCUT2D eigenvalue weighted by Gasteiger charge is 2.15. The summed E-state index contributed by atoms with van der Waals surface area (Å²) < 4.78 is 6.10. The zero-order valence-electron chi connectivity index (χ0n) is 11.6. The molecule has 0 fully saturated rings. The second kappa shape index (κ2) is 7.69. The number of anilines is 1. The number of halogens is 1. The second-order valence-corrected chi connectivity index (χ2v) is 5.15. The summed E-state index contributed by atoms with van der Waals surface area (Å²) in [6.07, 6.45) is 2.09. The maximum Gasteiger partial charge on any atom is 0.144 e. The molecule has 5 heteroatoms. The third-order valence-electron chi connectivity index (χ3n) is 2.81. The fraction of sp³-hybridized carbons (Fsp3) is 0.692. The number of rotatable bonds is 7. The van der Waals surface area contributed by atoms with Crippen LogP contribution in [0, 0.1) is 0 Å². The zero-order chi connectivity index (χ0) is 13.5. The van der Waals surface area contributed by atoms with E-state index in [4.69, 9.17) is 4.74 Å². The van der Waals surface area contributed by atoms with Gasteiger partial charge in [-0.2, -0.15) is 0 Å². The van der Waals surface area contributed by atoms with E-state index in [0.29, 0.717) is 12.5 Å². The quantitative estimate of drug-likeness (QED) is 0.833. The number of nitrogens with one attached hydrogen (secondary N) is 1. The number of nitrogens with zero attached hydrogens (tertiary/aromatic N) is 2. The summed E-state index contributed by atoms with van der Waals surface area (Å²) in [6, 6.07) is 0. The molecule has 4 nitrogen and oxygen atoms in total. The van der Waals surface area contributed by atoms with E-state index in [1.165, 1.54) is 0 Å². The Morgan fingerprint density at radius 3 is 2.61 bits per heavy atom. The van der Waals surface area contributed by atoms with E-state index in [1.807, 2.05) is 0 Å². The molecular formula is C13H22BrN3O. The van der Waals surface area contributed by atoms with Gasteiger partial charge in [0.15, 0.2) is 0 Å². The monoisotopic (exact) mass is 315 g/mol. The first-order valence-electron chi connectivity index (χ1n) is 6.43. The molecule has 0 saturated carbocycles. The molecule has 0 amide bonds. The molecule has 1 aromatic heterocycles. The van der Waals surface area contributed by atoms with Crippen molar-refractivity contribution in [3.63, 3.8) is 0 Å². The average molecular weight is 316 g/mol. The first-order valence-corrected chi connectivity index (χ1v) is 7.22. The smallest absolute Gasteiger partial charge is 0.144 e. The SMILES string of the molecule is CCCNc1nc(C(C)CC)nc(COC)c1Br. The lowest BCUT2D eigenvalue weighted by Gasteiger charge is -2.15. The fourth-order valence-electron chi connectivity index (χ4n) is 1.51. The first kappa shape index (κ1) is 15.4. The Bertz CT molecular complexity index is 385. The molecule has 18 heavy (non-hydrogen) atoms. The molecule has 0 spiro atoms. The van der Waals surface area contributed by atoms with Crippen LogP contribution < -0.4 is 5.32 Å². The lowest BCUT2D eigenvalue weighted by Crippen LogP contribution is -2.11. The molecule has 1 rings (SSSR count). The molecule has 0 aliphatic rings. The van der Waals surface area contributed by atoms with Gasteiger partial charge in [-0.25, -0.2) is 9.97 Å². The van der Waals surface area contributed by atoms with E-state index in [9.17, 15) is 0 Å². The normalized spacial score (nSPS) is 12.5. The zero-order valence-corrected chi connectivity index (χ0v) is 13.2. The van der Waals surface area contributed by atoms with E-state index in [1.54, 1.807) is 7.11 Å². The van der Waals surface area contributed by atoms with Crippen molar-refractivity contribution >= 4 is 21.7 Å². The van der Waals surface area contributed by atoms with Crippen LogP contribution in [0.1, 0.15) is 51.0 Å². The third-order valence-corrected chi connectivity index (χ3v) is 3.65. The largest absolute Gasteiger partial charge is 0.378 e. The topological polar surface area (TPSA) is 47.0 Å². The van der Waals surface area contributed by atoms with Gasteiger partial charge in [0.1, 0.15) is 11.6 Å². The highest BCUT2D eigenvalue weighted by Crippen LogP contribution is 2.27. The molecule has 102 valence electrons. The van der Waals surface area contributed by atoms with Gasteiger partial charge in [-0.05, 0) is 28.8 Å². The van der Waals surface area contributed by atoms with E-state index >= 15 is 0 Å². The molecule has 0 aliphatic heterocycles. The highest BCUT2D eigenvalue weighted by atomic mass is 79.9. The van der Waals surface area contributed by atoms with Crippen LogP contribution in [0.15, 0.2) is 4.47 Å². The van der Waals surface area contributed by atoms with E-state index in [0.717, 1.165) is 41.2 Å². The predicted molar refractivity (Wildman–Crippen MR) is 77.9 cm³/mol. The number of hydrogen-bond donors (Lipinski definition) is 1. The molecule has 0 aliphatic carbocycles. The lowest BCUT2D eigenvalue weighted by atomic mass is 10.1. The molecule has 1 atom stereocenters. The Labute approximate surface area is 118 Å². The summed E-state index contributed by atoms with van der Waals surface area (Å²) in [5.74, 6) is 2.11. The Morgan fingerprint density at radius 2 is 2.06 bits per heavy atom. The molecule has 1 aromatic rings. The van der Waals surface area contributed by atoms with Crippen LogP contribution in [-0.4, -0.2) is 23.6 Å². The van der Waals surface area contributed by atoms with Gasteiger partial charge in [0, 0.05) is 19.6 Å². The van der Waals surface area contributed by atoms with Gasteiger partial charge in [0.2, 0.25) is 0 Å². The Hall–Kier alpha value is -0.680. The summed E-state index contributed by atoms with van der Waals surface area (Å²) in [5, 5.41) is 3.33. The van der Waals surface area contributed by atoms with Crippen LogP contribution in [0.2, 0.25) is 0 Å². The van der Waals surface area contributed by atoms with Crippen molar-refractivity contribution in [1.29, 1.82) is 0 Å². The minimum Gasteiger partial charge on any atom is -0.378 e. The van der Waals surface area contributed by atoms with Gasteiger partial charge < -0.3 is 10.1 Å². The molecule has 0 saturated heterocycles. The maximum absolute atomic E-state index is 5.19. The number of methoxy groups -OCH3 is 1. The third kappa shape index (κ3) is 3.92. The van der Waals surface area contributed by atoms with Crippen LogP contribution in [0.3, 0.4) is 0 Å². The molecule has 1 N–H and O–H groups in total. The number of aromatic nitrogens is 2. The first-order chi connectivity index (χ1) is 8.63. The van der Waals surface area contributed by atoms with Crippen LogP contribution in [0.5, 0.6) is 0 Å². The van der Waals surface area contributed by atoms with E-state index in [-0.39, 0.29) is 0 Å². The van der Waals surface area contributed by atoms with E-state index in [2.05, 4.69) is 52.0 Å². The van der Waals surface area contributed by atoms with Crippen LogP contribution in [0.4, 0.5) is 5.82 Å². The van der Waals surface area contributed by atoms with Crippen molar-refractivity contribution < 1.29 is 4.74 Å². The van der Waals surface area contributed by atoms with Gasteiger partial charge in [-0.1, -0.05) is 20.8 Å². The van der Waals surface area contributed by atoms with Crippen molar-refractivity contribution in [1.82, 2.24) is 9.97 Å². The van der Waals surface area contributed by atoms with Crippen LogP contribution in [-0.2, 0) is 11.3 Å². The van der Waals surface area contributed by atoms with Gasteiger partial charge in [0.25, 0.3) is 0 Å². The van der Waals surface area contributed by atoms with Crippen LogP contribution in [0.25, 0.3) is 0 Å². The highest BCUT2D eigenvalue weighted by molar-refractivity contribution is 9.10. The van der Waals surface area contributed by atoms with Crippen molar-refractivity contribution in [2.75, 3.05) is 19.0 Å². The Kier molecular flexibility index (Phi) is 6.57. The Balaban J connectivity index is 3.09.